The molecule has 2 amide bonds. The highest BCUT2D eigenvalue weighted by Gasteiger charge is 2.32. The molecule has 1 aromatic heterocycles. The van der Waals surface area contributed by atoms with Gasteiger partial charge in [0.25, 0.3) is 0 Å². The third-order valence-corrected chi connectivity index (χ3v) is 7.52. The smallest absolute Gasteiger partial charge is 0.334 e. The van der Waals surface area contributed by atoms with E-state index in [0.717, 1.165) is 59.6 Å². The predicted octanol–water partition coefficient (Wildman–Crippen LogP) is 1.67. The number of ether oxygens (including phenoxy) is 1. The molecule has 0 spiro atoms. The summed E-state index contributed by atoms with van der Waals surface area (Å²) in [5.41, 5.74) is 5.94. The van der Waals surface area contributed by atoms with Crippen molar-refractivity contribution in [1.29, 1.82) is 0 Å². The molecule has 30 heavy (non-hydrogen) atoms. The van der Waals surface area contributed by atoms with E-state index in [2.05, 4.69) is 21.2 Å². The van der Waals surface area contributed by atoms with Crippen molar-refractivity contribution in [3.8, 4) is 0 Å². The third kappa shape index (κ3) is 3.43. The average molecular weight is 432 g/mol. The van der Waals surface area contributed by atoms with Gasteiger partial charge in [0.2, 0.25) is 0 Å². The van der Waals surface area contributed by atoms with Crippen molar-refractivity contribution >= 4 is 27.6 Å². The van der Waals surface area contributed by atoms with E-state index in [1.165, 1.54) is 22.0 Å². The number of urea groups is 1. The van der Waals surface area contributed by atoms with Crippen molar-refractivity contribution in [3.05, 3.63) is 40.7 Å². The van der Waals surface area contributed by atoms with Crippen LogP contribution in [0.5, 0.6) is 0 Å². The Kier molecular flexibility index (Phi) is 4.70. The molecule has 160 valence electrons. The molecular weight excluding hydrogens is 406 g/mol. The fraction of sp³-hybridized carbons (Fsp3) is 0.500. The van der Waals surface area contributed by atoms with Crippen LogP contribution in [0.3, 0.4) is 0 Å². The molecule has 2 N–H and O–H groups in total. The minimum absolute atomic E-state index is 0.129. The molecular formula is C20H25N5O4S. The lowest BCUT2D eigenvalue weighted by Gasteiger charge is -2.32. The summed E-state index contributed by atoms with van der Waals surface area (Å²) in [7, 11) is -2.43. The van der Waals surface area contributed by atoms with Crippen molar-refractivity contribution in [2.24, 2.45) is 7.05 Å². The minimum atomic E-state index is -4.14. The molecule has 0 saturated carbocycles. The molecule has 10 heteroatoms. The van der Waals surface area contributed by atoms with Crippen LogP contribution in [0.25, 0.3) is 0 Å². The van der Waals surface area contributed by atoms with Crippen molar-refractivity contribution in [2.45, 2.75) is 44.6 Å². The number of amides is 2. The first-order valence-corrected chi connectivity index (χ1v) is 11.7. The normalized spacial score (nSPS) is 19.3. The molecule has 1 atom stereocenters. The van der Waals surface area contributed by atoms with Gasteiger partial charge in [-0.25, -0.2) is 13.8 Å². The molecule has 1 aromatic carbocycles. The summed E-state index contributed by atoms with van der Waals surface area (Å²) in [6.45, 7) is 0.744. The van der Waals surface area contributed by atoms with Gasteiger partial charge in [-0.15, -0.1) is 0 Å². The molecule has 2 aromatic rings. The molecule has 0 unspecified atom stereocenters. The highest BCUT2D eigenvalue weighted by Crippen LogP contribution is 2.40. The zero-order valence-corrected chi connectivity index (χ0v) is 17.7. The van der Waals surface area contributed by atoms with Gasteiger partial charge in [-0.2, -0.15) is 13.5 Å². The second kappa shape index (κ2) is 7.28. The van der Waals surface area contributed by atoms with E-state index in [1.807, 2.05) is 0 Å². The predicted molar refractivity (Wildman–Crippen MR) is 112 cm³/mol. The van der Waals surface area contributed by atoms with Gasteiger partial charge in [-0.3, -0.25) is 4.68 Å². The molecule has 2 aliphatic carbocycles. The molecule has 1 saturated heterocycles. The number of rotatable bonds is 6. The number of carbonyl (C=O) groups excluding carboxylic acids is 1. The largest absolute Gasteiger partial charge is 0.376 e. The number of benzene rings is 1. The maximum absolute atomic E-state index is 13.1. The topological polar surface area (TPSA) is 106 Å². The molecule has 9 nitrogen and oxygen atoms in total. The maximum atomic E-state index is 13.1. The van der Waals surface area contributed by atoms with Gasteiger partial charge in [-0.05, 0) is 60.8 Å². The van der Waals surface area contributed by atoms with Crippen LogP contribution in [0, 0.1) is 0 Å². The quantitative estimate of drug-likeness (QED) is 0.724. The lowest BCUT2D eigenvalue weighted by Crippen LogP contribution is -2.48. The Hall–Kier alpha value is -2.59. The zero-order chi connectivity index (χ0) is 20.9. The summed E-state index contributed by atoms with van der Waals surface area (Å²) in [4.78, 5) is 12.7. The monoisotopic (exact) mass is 431 g/mol. The fourth-order valence-corrected chi connectivity index (χ4v) is 5.52. The van der Waals surface area contributed by atoms with E-state index in [9.17, 15) is 13.2 Å². The van der Waals surface area contributed by atoms with Crippen molar-refractivity contribution in [3.63, 3.8) is 0 Å². The molecule has 0 radical (unpaired) electrons. The fourth-order valence-electron chi connectivity index (χ4n) is 4.39. The van der Waals surface area contributed by atoms with Crippen LogP contribution in [0.1, 0.15) is 35.1 Å². The number of hydrogen-bond donors (Lipinski definition) is 2. The number of aromatic nitrogens is 2. The second-order valence-corrected chi connectivity index (χ2v) is 9.72. The summed E-state index contributed by atoms with van der Waals surface area (Å²) in [5, 5.41) is 6.89. The summed E-state index contributed by atoms with van der Waals surface area (Å²) in [6.07, 6.45) is 8.37. The Morgan fingerprint density at radius 3 is 2.53 bits per heavy atom. The number of carbonyl (C=O) groups is 1. The Morgan fingerprint density at radius 1 is 1.27 bits per heavy atom. The first kappa shape index (κ1) is 19.4. The van der Waals surface area contributed by atoms with Gasteiger partial charge < -0.3 is 10.1 Å². The van der Waals surface area contributed by atoms with Gasteiger partial charge in [0, 0.05) is 25.5 Å². The van der Waals surface area contributed by atoms with E-state index in [4.69, 9.17) is 4.74 Å². The molecule has 0 bridgehead atoms. The van der Waals surface area contributed by atoms with Gasteiger partial charge in [0.05, 0.1) is 24.5 Å². The van der Waals surface area contributed by atoms with Crippen LogP contribution < -0.4 is 14.3 Å². The second-order valence-electron chi connectivity index (χ2n) is 8.13. The summed E-state index contributed by atoms with van der Waals surface area (Å²) in [5.74, 6) is 0. The van der Waals surface area contributed by atoms with Gasteiger partial charge in [0.1, 0.15) is 0 Å². The number of fused-ring (bicyclic) bond motifs is 2. The standard InChI is InChI=1S/C20H25N5O4S/c1-24-11-15(10-21-24)25(12-16-3-2-8-29-16)30(27,28)23-20(26)22-19-17-6-4-13(17)9-14-5-7-18(14)19/h9-11,16H,2-8,12H2,1H3,(H2,22,23,26)/t16-/m0/s1. The maximum Gasteiger partial charge on any atom is 0.334 e. The molecule has 5 rings (SSSR count). The molecule has 1 aliphatic heterocycles. The lowest BCUT2D eigenvalue weighted by molar-refractivity contribution is 0.118. The Morgan fingerprint density at radius 2 is 2.00 bits per heavy atom. The van der Waals surface area contributed by atoms with E-state index < -0.39 is 16.2 Å². The van der Waals surface area contributed by atoms with Crippen molar-refractivity contribution in [1.82, 2.24) is 14.5 Å². The summed E-state index contributed by atoms with van der Waals surface area (Å²) >= 11 is 0. The first-order chi connectivity index (χ1) is 14.4. The van der Waals surface area contributed by atoms with Crippen molar-refractivity contribution < 1.29 is 17.9 Å². The SMILES string of the molecule is Cn1cc(N(C[C@@H]2CCCO2)S(=O)(=O)NC(=O)Nc2c3c(cc4c2CC4)CC3)cn1. The van der Waals surface area contributed by atoms with E-state index in [1.54, 1.807) is 13.2 Å². The summed E-state index contributed by atoms with van der Waals surface area (Å²) in [6, 6.07) is 1.47. The van der Waals surface area contributed by atoms with E-state index in [-0.39, 0.29) is 12.6 Å². The number of aryl methyl sites for hydroxylation is 3. The van der Waals surface area contributed by atoms with Crippen LogP contribution in [-0.2, 0) is 47.7 Å². The Bertz CT molecular complexity index is 1070. The number of nitrogens with zero attached hydrogens (tertiary/aromatic N) is 3. The summed E-state index contributed by atoms with van der Waals surface area (Å²) < 4.78 is 36.7. The van der Waals surface area contributed by atoms with E-state index >= 15 is 0 Å². The zero-order valence-electron chi connectivity index (χ0n) is 16.8. The number of hydrogen-bond acceptors (Lipinski definition) is 5. The highest BCUT2D eigenvalue weighted by molar-refractivity contribution is 7.91. The van der Waals surface area contributed by atoms with Crippen LogP contribution in [0.4, 0.5) is 16.2 Å². The first-order valence-electron chi connectivity index (χ1n) is 10.3. The Balaban J connectivity index is 1.36. The van der Waals surface area contributed by atoms with Crippen LogP contribution in [-0.4, -0.2) is 43.5 Å². The van der Waals surface area contributed by atoms with Gasteiger partial charge >= 0.3 is 16.2 Å². The number of nitrogens with one attached hydrogen (secondary N) is 2. The van der Waals surface area contributed by atoms with E-state index in [0.29, 0.717) is 12.3 Å². The van der Waals surface area contributed by atoms with Crippen LogP contribution in [0.2, 0.25) is 0 Å². The minimum Gasteiger partial charge on any atom is -0.376 e. The molecule has 1 fully saturated rings. The average Bonchev–Trinajstić information content (AvgIpc) is 3.27. The number of anilines is 2. The van der Waals surface area contributed by atoms with Crippen LogP contribution >= 0.6 is 0 Å². The lowest BCUT2D eigenvalue weighted by atomic mass is 9.76. The molecule has 2 heterocycles. The van der Waals surface area contributed by atoms with Crippen LogP contribution in [0.15, 0.2) is 18.5 Å². The van der Waals surface area contributed by atoms with Crippen molar-refractivity contribution in [2.75, 3.05) is 22.8 Å². The van der Waals surface area contributed by atoms with Gasteiger partial charge in [-0.1, -0.05) is 6.07 Å². The third-order valence-electron chi connectivity index (χ3n) is 6.14. The molecule has 3 aliphatic rings. The highest BCUT2D eigenvalue weighted by atomic mass is 32.2. The Labute approximate surface area is 175 Å². The van der Waals surface area contributed by atoms with Gasteiger partial charge in [0.15, 0.2) is 0 Å².